The van der Waals surface area contributed by atoms with Gasteiger partial charge in [0.05, 0.1) is 16.0 Å². The van der Waals surface area contributed by atoms with Gasteiger partial charge in [0.2, 0.25) is 6.35 Å². The van der Waals surface area contributed by atoms with E-state index in [0.717, 1.165) is 48.1 Å². The maximum absolute atomic E-state index is 14.8. The molecule has 4 rings (SSSR count). The first-order valence-electron chi connectivity index (χ1n) is 9.87. The van der Waals surface area contributed by atoms with E-state index in [-0.39, 0.29) is 10.2 Å². The molecule has 1 unspecified atom stereocenters. The van der Waals surface area contributed by atoms with E-state index in [2.05, 4.69) is 19.9 Å². The van der Waals surface area contributed by atoms with Gasteiger partial charge in [0.15, 0.2) is 4.34 Å². The van der Waals surface area contributed by atoms with Crippen LogP contribution in [-0.4, -0.2) is 25.8 Å². The summed E-state index contributed by atoms with van der Waals surface area (Å²) in [6, 6.07) is 0. The van der Waals surface area contributed by atoms with E-state index in [0.29, 0.717) is 35.3 Å². The molecule has 1 atom stereocenters. The van der Waals surface area contributed by atoms with Crippen molar-refractivity contribution in [1.29, 1.82) is 0 Å². The van der Waals surface area contributed by atoms with Crippen molar-refractivity contribution in [1.82, 2.24) is 4.98 Å². The normalized spacial score (nSPS) is 17.9. The van der Waals surface area contributed by atoms with Gasteiger partial charge in [-0.3, -0.25) is 5.14 Å². The second-order valence-electron chi connectivity index (χ2n) is 8.23. The second kappa shape index (κ2) is 7.72. The van der Waals surface area contributed by atoms with E-state index >= 15 is 0 Å². The number of rotatable bonds is 6. The number of thiazole rings is 1. The van der Waals surface area contributed by atoms with Crippen LogP contribution in [0.2, 0.25) is 0 Å². The molecule has 0 bridgehead atoms. The standard InChI is InChI=1S/C19H26FN5O3S2/c1-19(2,27)14-9-29-18(22-14)30(21,28)25-24-17(26)23-16-12-7-3-5-10(12)15(20)11-6-4-8-13(11)16/h9,17,23,26-27,30H,3-8H2,1-2H3,(H2,21,28)/b25-24+. The number of aliphatic hydroxyl groups is 2. The van der Waals surface area contributed by atoms with Crippen molar-refractivity contribution in [2.75, 3.05) is 5.32 Å². The summed E-state index contributed by atoms with van der Waals surface area (Å²) in [6.07, 6.45) is 3.11. The van der Waals surface area contributed by atoms with Gasteiger partial charge in [-0.1, -0.05) is 4.52 Å². The van der Waals surface area contributed by atoms with Crippen molar-refractivity contribution >= 4 is 27.3 Å². The minimum absolute atomic E-state index is 0.0409. The van der Waals surface area contributed by atoms with E-state index < -0.39 is 22.3 Å². The number of aromatic nitrogens is 1. The lowest BCUT2D eigenvalue weighted by Gasteiger charge is -2.19. The summed E-state index contributed by atoms with van der Waals surface area (Å²) in [5.74, 6) is -0.102. The number of anilines is 1. The third kappa shape index (κ3) is 3.92. The Balaban J connectivity index is 1.56. The van der Waals surface area contributed by atoms with Gasteiger partial charge in [-0.15, -0.1) is 16.5 Å². The van der Waals surface area contributed by atoms with Crippen LogP contribution in [-0.2, 0) is 41.6 Å². The number of nitrogens with two attached hydrogens (primary N) is 1. The fraction of sp³-hybridized carbons (Fsp3) is 0.526. The average molecular weight is 456 g/mol. The summed E-state index contributed by atoms with van der Waals surface area (Å²) in [4.78, 5) is 4.10. The van der Waals surface area contributed by atoms with E-state index in [1.165, 1.54) is 0 Å². The van der Waals surface area contributed by atoms with Crippen molar-refractivity contribution in [3.8, 4) is 0 Å². The summed E-state index contributed by atoms with van der Waals surface area (Å²) in [7, 11) is -3.80. The van der Waals surface area contributed by atoms with E-state index in [1.54, 1.807) is 19.2 Å². The molecule has 1 heterocycles. The summed E-state index contributed by atoms with van der Waals surface area (Å²) in [5.41, 5.74) is 3.05. The van der Waals surface area contributed by atoms with E-state index in [4.69, 9.17) is 5.14 Å². The number of hydrogen-bond donors (Lipinski definition) is 5. The van der Waals surface area contributed by atoms with Gasteiger partial charge in [0.1, 0.15) is 11.4 Å². The summed E-state index contributed by atoms with van der Waals surface area (Å²) in [5, 5.41) is 34.4. The van der Waals surface area contributed by atoms with Crippen LogP contribution >= 0.6 is 11.3 Å². The third-order valence-electron chi connectivity index (χ3n) is 5.53. The number of hydrogen-bond acceptors (Lipinski definition) is 7. The molecule has 2 aromatic rings. The predicted molar refractivity (Wildman–Crippen MR) is 114 cm³/mol. The Morgan fingerprint density at radius 1 is 1.23 bits per heavy atom. The van der Waals surface area contributed by atoms with E-state index in [9.17, 15) is 18.8 Å². The van der Waals surface area contributed by atoms with Crippen molar-refractivity contribution in [3.05, 3.63) is 39.1 Å². The van der Waals surface area contributed by atoms with Crippen molar-refractivity contribution in [2.24, 2.45) is 14.8 Å². The lowest BCUT2D eigenvalue weighted by atomic mass is 9.98. The SMILES string of the molecule is CC(C)(O)c1csc([SH](N)(=O)/N=N/C(O)Nc2c3c(c(F)c4c2CCC4)CCC3)n1. The Hall–Kier alpha value is -1.79. The zero-order valence-corrected chi connectivity index (χ0v) is 18.6. The summed E-state index contributed by atoms with van der Waals surface area (Å²) < 4.78 is 31.2. The van der Waals surface area contributed by atoms with Crippen molar-refractivity contribution in [2.45, 2.75) is 68.7 Å². The van der Waals surface area contributed by atoms with Crippen molar-refractivity contribution in [3.63, 3.8) is 0 Å². The Morgan fingerprint density at radius 3 is 2.33 bits per heavy atom. The van der Waals surface area contributed by atoms with Crippen LogP contribution in [0.25, 0.3) is 0 Å². The monoisotopic (exact) mass is 455 g/mol. The molecule has 0 spiro atoms. The zero-order valence-electron chi connectivity index (χ0n) is 16.9. The number of nitrogens with one attached hydrogen (secondary N) is 1. The minimum atomic E-state index is -3.80. The minimum Gasteiger partial charge on any atom is -0.384 e. The van der Waals surface area contributed by atoms with Crippen LogP contribution < -0.4 is 10.5 Å². The van der Waals surface area contributed by atoms with Crippen LogP contribution in [0.15, 0.2) is 19.4 Å². The average Bonchev–Trinajstić information content (AvgIpc) is 3.42. The molecule has 30 heavy (non-hydrogen) atoms. The highest BCUT2D eigenvalue weighted by molar-refractivity contribution is 8.01. The molecule has 0 aliphatic heterocycles. The molecule has 8 nitrogen and oxygen atoms in total. The first kappa shape index (κ1) is 21.4. The molecular formula is C19H26FN5O3S2. The summed E-state index contributed by atoms with van der Waals surface area (Å²) >= 11 is 1.02. The molecule has 1 aromatic carbocycles. The van der Waals surface area contributed by atoms with Gasteiger partial charge in [0, 0.05) is 11.1 Å². The quantitative estimate of drug-likeness (QED) is 0.259. The largest absolute Gasteiger partial charge is 0.384 e. The van der Waals surface area contributed by atoms with Gasteiger partial charge in [-0.25, -0.2) is 13.6 Å². The number of nitrogens with zero attached hydrogens (tertiary/aromatic N) is 3. The molecule has 1 aromatic heterocycles. The Morgan fingerprint density at radius 2 is 1.80 bits per heavy atom. The molecule has 0 amide bonds. The Kier molecular flexibility index (Phi) is 5.52. The number of thiol groups is 1. The molecule has 164 valence electrons. The summed E-state index contributed by atoms with van der Waals surface area (Å²) in [6.45, 7) is 3.12. The third-order valence-corrected chi connectivity index (χ3v) is 8.29. The highest BCUT2D eigenvalue weighted by atomic mass is 32.3. The fourth-order valence-corrected chi connectivity index (χ4v) is 6.24. The van der Waals surface area contributed by atoms with Crippen LogP contribution in [0, 0.1) is 5.82 Å². The number of halogens is 1. The van der Waals surface area contributed by atoms with Gasteiger partial charge in [-0.2, -0.15) is 0 Å². The van der Waals surface area contributed by atoms with Crippen LogP contribution in [0.1, 0.15) is 54.6 Å². The van der Waals surface area contributed by atoms with Crippen LogP contribution in [0.3, 0.4) is 0 Å². The van der Waals surface area contributed by atoms with Crippen LogP contribution in [0.5, 0.6) is 0 Å². The lowest BCUT2D eigenvalue weighted by molar-refractivity contribution is 0.0741. The maximum Gasteiger partial charge on any atom is 0.243 e. The highest BCUT2D eigenvalue weighted by Gasteiger charge is 2.30. The lowest BCUT2D eigenvalue weighted by Crippen LogP contribution is -2.23. The molecule has 0 radical (unpaired) electrons. The molecule has 0 saturated carbocycles. The number of benzene rings is 1. The zero-order chi connectivity index (χ0) is 21.7. The Labute approximate surface area is 179 Å². The maximum atomic E-state index is 14.8. The highest BCUT2D eigenvalue weighted by Crippen LogP contribution is 2.41. The molecule has 0 saturated heterocycles. The van der Waals surface area contributed by atoms with Crippen LogP contribution in [0.4, 0.5) is 10.1 Å². The molecule has 11 heteroatoms. The molecule has 2 aliphatic rings. The van der Waals surface area contributed by atoms with E-state index in [1.807, 2.05) is 0 Å². The second-order valence-corrected chi connectivity index (χ2v) is 11.2. The molecule has 5 N–H and O–H groups in total. The number of fused-ring (bicyclic) bond motifs is 2. The molecule has 0 fully saturated rings. The number of aliphatic hydroxyl groups excluding tert-OH is 1. The smallest absolute Gasteiger partial charge is 0.243 e. The topological polar surface area (TPSA) is 133 Å². The van der Waals surface area contributed by atoms with Gasteiger partial charge < -0.3 is 15.5 Å². The Bertz CT molecular complexity index is 1030. The predicted octanol–water partition coefficient (Wildman–Crippen LogP) is 2.49. The van der Waals surface area contributed by atoms with Gasteiger partial charge in [-0.05, 0) is 74.6 Å². The first-order chi connectivity index (χ1) is 14.1. The van der Waals surface area contributed by atoms with Gasteiger partial charge in [0.25, 0.3) is 0 Å². The molecular weight excluding hydrogens is 429 g/mol. The fourth-order valence-electron chi connectivity index (χ4n) is 4.08. The first-order valence-corrected chi connectivity index (χ1v) is 12.5. The molecule has 2 aliphatic carbocycles. The van der Waals surface area contributed by atoms with Crippen molar-refractivity contribution < 1.29 is 18.8 Å². The van der Waals surface area contributed by atoms with Gasteiger partial charge >= 0.3 is 0 Å².